The van der Waals surface area contributed by atoms with Crippen LogP contribution in [0.5, 0.6) is 0 Å². The van der Waals surface area contributed by atoms with E-state index in [1.54, 1.807) is 36.3 Å². The molecule has 0 fully saturated rings. The number of aliphatic imine (C=N–C) groups is 1. The lowest BCUT2D eigenvalue weighted by molar-refractivity contribution is -0.138. The fourth-order valence-corrected chi connectivity index (χ4v) is 2.31. The summed E-state index contributed by atoms with van der Waals surface area (Å²) in [6.07, 6.45) is 6.52. The van der Waals surface area contributed by atoms with Crippen LogP contribution in [0, 0.1) is 0 Å². The number of fused-ring (bicyclic) bond motifs is 1. The Morgan fingerprint density at radius 2 is 2.19 bits per heavy atom. The Morgan fingerprint density at radius 3 is 2.86 bits per heavy atom. The van der Waals surface area contributed by atoms with Crippen LogP contribution in [0.4, 0.5) is 0 Å². The molecule has 1 N–H and O–H groups in total. The zero-order valence-corrected chi connectivity index (χ0v) is 12.3. The molecule has 1 atom stereocenters. The smallest absolute Gasteiger partial charge is 0.250 e. The van der Waals surface area contributed by atoms with Crippen molar-refractivity contribution in [3.8, 4) is 0 Å². The maximum Gasteiger partial charge on any atom is 0.250 e. The predicted molar refractivity (Wildman–Crippen MR) is 76.4 cm³/mol. The number of carbonyl (C=O) groups excluding carboxylic acids is 2. The molecule has 114 valence electrons. The third-order valence-corrected chi connectivity index (χ3v) is 3.55. The molecule has 0 bridgehead atoms. The van der Waals surface area contributed by atoms with Gasteiger partial charge in [-0.05, 0) is 19.1 Å². The molecule has 0 saturated heterocycles. The van der Waals surface area contributed by atoms with Gasteiger partial charge in [0.1, 0.15) is 11.4 Å². The number of amides is 2. The first-order valence-corrected chi connectivity index (χ1v) is 6.61. The molecule has 0 saturated carbocycles. The van der Waals surface area contributed by atoms with E-state index in [1.165, 1.54) is 14.2 Å². The van der Waals surface area contributed by atoms with Crippen molar-refractivity contribution < 1.29 is 19.1 Å². The summed E-state index contributed by atoms with van der Waals surface area (Å²) in [4.78, 5) is 30.0. The molecule has 2 aliphatic rings. The van der Waals surface area contributed by atoms with Gasteiger partial charge < -0.3 is 19.7 Å². The highest BCUT2D eigenvalue weighted by Crippen LogP contribution is 2.28. The lowest BCUT2D eigenvalue weighted by atomic mass is 9.91. The summed E-state index contributed by atoms with van der Waals surface area (Å²) in [6, 6.07) is 0. The molecule has 7 heteroatoms. The van der Waals surface area contributed by atoms with Crippen LogP contribution in [0.1, 0.15) is 13.3 Å². The Kier molecular flexibility index (Phi) is 4.54. The number of hydrogen-bond acceptors (Lipinski definition) is 5. The largest absolute Gasteiger partial charge is 0.354 e. The lowest BCUT2D eigenvalue weighted by Gasteiger charge is -2.41. The van der Waals surface area contributed by atoms with Gasteiger partial charge >= 0.3 is 0 Å². The molecule has 0 spiro atoms. The quantitative estimate of drug-likeness (QED) is 0.732. The molecule has 0 aliphatic carbocycles. The molecule has 0 radical (unpaired) electrons. The molecule has 21 heavy (non-hydrogen) atoms. The lowest BCUT2D eigenvalue weighted by Crippen LogP contribution is -2.60. The van der Waals surface area contributed by atoms with Gasteiger partial charge in [0.05, 0.1) is 13.0 Å². The summed E-state index contributed by atoms with van der Waals surface area (Å²) in [5.41, 5.74) is -1.01. The maximum absolute atomic E-state index is 12.5. The maximum atomic E-state index is 12.5. The normalized spacial score (nSPS) is 24.1. The van der Waals surface area contributed by atoms with Crippen molar-refractivity contribution in [3.63, 3.8) is 0 Å². The average molecular weight is 293 g/mol. The van der Waals surface area contributed by atoms with Gasteiger partial charge in [0.2, 0.25) is 5.91 Å². The van der Waals surface area contributed by atoms with Gasteiger partial charge in [-0.2, -0.15) is 4.99 Å². The third-order valence-electron chi connectivity index (χ3n) is 3.55. The van der Waals surface area contributed by atoms with Crippen LogP contribution in [-0.2, 0) is 19.1 Å². The number of carbonyl (C=O) groups is 2. The number of amidine groups is 1. The van der Waals surface area contributed by atoms with E-state index in [4.69, 9.17) is 9.47 Å². The Labute approximate surface area is 123 Å². The van der Waals surface area contributed by atoms with E-state index in [0.717, 1.165) is 0 Å². The van der Waals surface area contributed by atoms with Crippen LogP contribution in [0.3, 0.4) is 0 Å². The van der Waals surface area contributed by atoms with E-state index in [2.05, 4.69) is 10.3 Å². The van der Waals surface area contributed by atoms with Gasteiger partial charge in [-0.25, -0.2) is 0 Å². The SMILES string of the molecule is COC(CNC(=O)C1(C)CC(=O)N=C2C=CC=CN21)OC. The fourth-order valence-electron chi connectivity index (χ4n) is 2.31. The summed E-state index contributed by atoms with van der Waals surface area (Å²) in [6.45, 7) is 1.92. The Hall–Kier alpha value is -1.99. The van der Waals surface area contributed by atoms with Crippen molar-refractivity contribution >= 4 is 17.6 Å². The minimum atomic E-state index is -1.01. The highest BCUT2D eigenvalue weighted by atomic mass is 16.7. The second kappa shape index (κ2) is 6.19. The molecule has 1 unspecified atom stereocenters. The van der Waals surface area contributed by atoms with Crippen LogP contribution < -0.4 is 5.32 Å². The summed E-state index contributed by atoms with van der Waals surface area (Å²) in [5.74, 6) is -0.113. The number of nitrogens with zero attached hydrogens (tertiary/aromatic N) is 2. The van der Waals surface area contributed by atoms with E-state index in [0.29, 0.717) is 5.84 Å². The third kappa shape index (κ3) is 3.03. The van der Waals surface area contributed by atoms with E-state index in [9.17, 15) is 9.59 Å². The van der Waals surface area contributed by atoms with Crippen molar-refractivity contribution in [2.45, 2.75) is 25.2 Å². The van der Waals surface area contributed by atoms with E-state index in [1.807, 2.05) is 0 Å². The van der Waals surface area contributed by atoms with Crippen LogP contribution in [0.25, 0.3) is 0 Å². The number of nitrogens with one attached hydrogen (secondary N) is 1. The van der Waals surface area contributed by atoms with Crippen molar-refractivity contribution in [1.82, 2.24) is 10.2 Å². The van der Waals surface area contributed by atoms with Gasteiger partial charge in [-0.15, -0.1) is 0 Å². The van der Waals surface area contributed by atoms with Gasteiger partial charge in [-0.3, -0.25) is 9.59 Å². The molecular formula is C14H19N3O4. The zero-order valence-electron chi connectivity index (χ0n) is 12.3. The Morgan fingerprint density at radius 1 is 1.48 bits per heavy atom. The molecule has 7 nitrogen and oxygen atoms in total. The summed E-state index contributed by atoms with van der Waals surface area (Å²) in [5, 5.41) is 2.75. The predicted octanol–water partition coefficient (Wildman–Crippen LogP) is 0.194. The molecule has 0 aromatic rings. The van der Waals surface area contributed by atoms with Crippen LogP contribution >= 0.6 is 0 Å². The molecule has 2 heterocycles. The molecule has 2 amide bonds. The molecular weight excluding hydrogens is 274 g/mol. The summed E-state index contributed by atoms with van der Waals surface area (Å²) in [7, 11) is 2.99. The first kappa shape index (κ1) is 15.4. The highest BCUT2D eigenvalue weighted by molar-refractivity contribution is 6.09. The number of ether oxygens (including phenoxy) is 2. The standard InChI is InChI=1S/C14H19N3O4/c1-14(13(19)15-9-12(20-2)21-3)8-11(18)16-10-6-4-5-7-17(10)14/h4-7,12H,8-9H2,1-3H3,(H,15,19). The Balaban J connectivity index is 2.15. The van der Waals surface area contributed by atoms with Crippen LogP contribution in [0.2, 0.25) is 0 Å². The fraction of sp³-hybridized carbons (Fsp3) is 0.500. The van der Waals surface area contributed by atoms with Gasteiger partial charge in [0.15, 0.2) is 6.29 Å². The monoisotopic (exact) mass is 293 g/mol. The summed E-state index contributed by atoms with van der Waals surface area (Å²) < 4.78 is 10.1. The van der Waals surface area contributed by atoms with E-state index in [-0.39, 0.29) is 24.8 Å². The van der Waals surface area contributed by atoms with Gasteiger partial charge in [-0.1, -0.05) is 6.08 Å². The van der Waals surface area contributed by atoms with Crippen molar-refractivity contribution in [3.05, 3.63) is 24.4 Å². The second-order valence-electron chi connectivity index (χ2n) is 5.00. The first-order chi connectivity index (χ1) is 10.0. The van der Waals surface area contributed by atoms with Crippen LogP contribution in [-0.4, -0.2) is 55.1 Å². The number of rotatable bonds is 5. The highest BCUT2D eigenvalue weighted by Gasteiger charge is 2.45. The van der Waals surface area contributed by atoms with Gasteiger partial charge in [0, 0.05) is 20.4 Å². The Bertz CT molecular complexity index is 522. The van der Waals surface area contributed by atoms with Crippen LogP contribution in [0.15, 0.2) is 29.4 Å². The zero-order chi connectivity index (χ0) is 15.5. The topological polar surface area (TPSA) is 80.2 Å². The second-order valence-corrected chi connectivity index (χ2v) is 5.00. The minimum Gasteiger partial charge on any atom is -0.354 e. The van der Waals surface area contributed by atoms with Crippen molar-refractivity contribution in [1.29, 1.82) is 0 Å². The van der Waals surface area contributed by atoms with Crippen molar-refractivity contribution in [2.24, 2.45) is 4.99 Å². The van der Waals surface area contributed by atoms with Crippen molar-refractivity contribution in [2.75, 3.05) is 20.8 Å². The number of hydrogen-bond donors (Lipinski definition) is 1. The molecule has 2 aliphatic heterocycles. The minimum absolute atomic E-state index is 0.0190. The number of methoxy groups -OCH3 is 2. The molecule has 2 rings (SSSR count). The van der Waals surface area contributed by atoms with E-state index >= 15 is 0 Å². The summed E-state index contributed by atoms with van der Waals surface area (Å²) >= 11 is 0. The van der Waals surface area contributed by atoms with E-state index < -0.39 is 11.8 Å². The van der Waals surface area contributed by atoms with Gasteiger partial charge in [0.25, 0.3) is 5.91 Å². The molecule has 0 aromatic heterocycles. The first-order valence-electron chi connectivity index (χ1n) is 6.61. The molecule has 0 aromatic carbocycles. The average Bonchev–Trinajstić information content (AvgIpc) is 2.47. The number of allylic oxidation sites excluding steroid dienone is 2.